The van der Waals surface area contributed by atoms with Gasteiger partial charge >= 0.3 is 0 Å². The Bertz CT molecular complexity index is 29.5. The average molecular weight is 75.1 g/mol. The molecule has 0 aromatic carbocycles. The standard InChI is InChI=1S/CHNO.S/c2-1-3;/h3H;. The van der Waals surface area contributed by atoms with Crippen molar-refractivity contribution >= 4 is 13.5 Å². The number of nitrogens with zero attached hydrogens (tertiary/aromatic N) is 1. The van der Waals surface area contributed by atoms with Gasteiger partial charge in [-0.1, -0.05) is 0 Å². The molecule has 0 rings (SSSR count). The van der Waals surface area contributed by atoms with E-state index in [0.717, 1.165) is 6.26 Å². The van der Waals surface area contributed by atoms with Crippen molar-refractivity contribution in [1.29, 1.82) is 5.26 Å². The van der Waals surface area contributed by atoms with Gasteiger partial charge in [0.2, 0.25) is 0 Å². The number of nitriles is 1. The summed E-state index contributed by atoms with van der Waals surface area (Å²) in [6.45, 7) is 0. The maximum Gasteiger partial charge on any atom is 0.283 e. The average Bonchev–Trinajstić information content (AvgIpc) is 0.918. The highest BCUT2D eigenvalue weighted by Gasteiger charge is 1.16. The van der Waals surface area contributed by atoms with Crippen molar-refractivity contribution in [3.05, 3.63) is 0 Å². The van der Waals surface area contributed by atoms with Crippen molar-refractivity contribution in [1.82, 2.24) is 0 Å². The van der Waals surface area contributed by atoms with Crippen LogP contribution in [0.4, 0.5) is 0 Å². The molecule has 0 aromatic rings. The first-order valence-corrected chi connectivity index (χ1v) is 0.447. The van der Waals surface area contributed by atoms with Crippen molar-refractivity contribution in [2.75, 3.05) is 0 Å². The predicted molar refractivity (Wildman–Crippen MR) is 15.1 cm³/mol. The summed E-state index contributed by atoms with van der Waals surface area (Å²) in [6, 6.07) is 0. The van der Waals surface area contributed by atoms with E-state index in [1.807, 2.05) is 0 Å². The Balaban J connectivity index is 0. The molecule has 2 nitrogen and oxygen atoms in total. The SMILES string of the molecule is N#CO.[S]. The highest BCUT2D eigenvalue weighted by Crippen LogP contribution is 1.06. The van der Waals surface area contributed by atoms with Gasteiger partial charge < -0.3 is 5.11 Å². The normalized spacial score (nSPS) is 1.75. The second-order valence-corrected chi connectivity index (χ2v) is 0.100. The van der Waals surface area contributed by atoms with Gasteiger partial charge in [-0.15, -0.1) is 0 Å². The summed E-state index contributed by atoms with van der Waals surface area (Å²) in [6.07, 6.45) is 0.750. The van der Waals surface area contributed by atoms with E-state index in [1.54, 1.807) is 0 Å². The number of aliphatic hydroxyl groups excluding tert-OH is 1. The van der Waals surface area contributed by atoms with Gasteiger partial charge in [0.25, 0.3) is 6.26 Å². The monoisotopic (exact) mass is 75.0 g/mol. The van der Waals surface area contributed by atoms with Crippen LogP contribution < -0.4 is 0 Å². The van der Waals surface area contributed by atoms with Crippen LogP contribution in [0.25, 0.3) is 0 Å². The topological polar surface area (TPSA) is 44.0 Å². The largest absolute Gasteiger partial charge is 0.443 e. The van der Waals surface area contributed by atoms with Crippen LogP contribution in [-0.2, 0) is 0 Å². The molecule has 4 heavy (non-hydrogen) atoms. The Hall–Kier alpha value is -0.360. The third-order valence-electron chi connectivity index (χ3n) is 0. The lowest BCUT2D eigenvalue weighted by Gasteiger charge is -1.25. The molecule has 0 fully saturated rings. The van der Waals surface area contributed by atoms with Gasteiger partial charge in [0.1, 0.15) is 0 Å². The fourth-order valence-electron chi connectivity index (χ4n) is 0. The molecule has 2 radical (unpaired) electrons. The molecule has 1 N–H and O–H groups in total. The van der Waals surface area contributed by atoms with Crippen molar-refractivity contribution in [3.63, 3.8) is 0 Å². The van der Waals surface area contributed by atoms with Crippen LogP contribution in [0.2, 0.25) is 0 Å². The summed E-state index contributed by atoms with van der Waals surface area (Å²) in [5.41, 5.74) is 0. The molecule has 0 aromatic heterocycles. The van der Waals surface area contributed by atoms with Gasteiger partial charge in [-0.25, -0.2) is 0 Å². The zero-order valence-electron chi connectivity index (χ0n) is 1.80. The van der Waals surface area contributed by atoms with Crippen molar-refractivity contribution < 1.29 is 5.11 Å². The lowest BCUT2D eigenvalue weighted by molar-refractivity contribution is 0.503. The minimum absolute atomic E-state index is 0. The number of rotatable bonds is 0. The Morgan fingerprint density at radius 1 is 1.75 bits per heavy atom. The Morgan fingerprint density at radius 3 is 1.75 bits per heavy atom. The van der Waals surface area contributed by atoms with Crippen LogP contribution in [0.3, 0.4) is 0 Å². The Morgan fingerprint density at radius 2 is 1.75 bits per heavy atom. The maximum atomic E-state index is 6.88. The molecule has 0 aliphatic heterocycles. The van der Waals surface area contributed by atoms with E-state index in [2.05, 4.69) is 0 Å². The summed E-state index contributed by atoms with van der Waals surface area (Å²) in [5, 5.41) is 13.8. The predicted octanol–water partition coefficient (Wildman–Crippen LogP) is 0.488. The van der Waals surface area contributed by atoms with Crippen molar-refractivity contribution in [2.24, 2.45) is 0 Å². The molecule has 3 heteroatoms. The van der Waals surface area contributed by atoms with E-state index in [0.29, 0.717) is 0 Å². The number of hydrogen-bond acceptors (Lipinski definition) is 2. The summed E-state index contributed by atoms with van der Waals surface area (Å²) in [5.74, 6) is 0. The number of hydrogen-bond donors (Lipinski definition) is 1. The van der Waals surface area contributed by atoms with Crippen LogP contribution in [0.15, 0.2) is 0 Å². The van der Waals surface area contributed by atoms with Crippen LogP contribution in [0, 0.1) is 11.5 Å². The van der Waals surface area contributed by atoms with Crippen LogP contribution in [0.1, 0.15) is 0 Å². The van der Waals surface area contributed by atoms with E-state index in [1.165, 1.54) is 0 Å². The molecule has 0 aliphatic rings. The minimum Gasteiger partial charge on any atom is -0.443 e. The molecule has 0 saturated carbocycles. The number of aliphatic hydroxyl groups is 1. The van der Waals surface area contributed by atoms with Crippen LogP contribution in [-0.4, -0.2) is 5.11 Å². The molecule has 0 bridgehead atoms. The van der Waals surface area contributed by atoms with Crippen LogP contribution in [0.5, 0.6) is 0 Å². The lowest BCUT2D eigenvalue weighted by atomic mass is 11.6. The fraction of sp³-hybridized carbons (Fsp3) is 0. The molecular formula is CHNOS. The summed E-state index contributed by atoms with van der Waals surface area (Å²) in [4.78, 5) is 0. The van der Waals surface area contributed by atoms with Gasteiger partial charge in [0.05, 0.1) is 0 Å². The molecule has 0 saturated heterocycles. The molecule has 0 heterocycles. The van der Waals surface area contributed by atoms with Gasteiger partial charge in [-0.2, -0.15) is 5.26 Å². The zero-order valence-corrected chi connectivity index (χ0v) is 2.62. The molecule has 0 spiro atoms. The lowest BCUT2D eigenvalue weighted by Crippen LogP contribution is -1.27. The van der Waals surface area contributed by atoms with Crippen molar-refractivity contribution in [3.8, 4) is 6.26 Å². The first kappa shape index (κ1) is 9.43. The van der Waals surface area contributed by atoms with E-state index >= 15 is 0 Å². The summed E-state index contributed by atoms with van der Waals surface area (Å²) < 4.78 is 0. The van der Waals surface area contributed by atoms with Gasteiger partial charge in [0, 0.05) is 13.5 Å². The van der Waals surface area contributed by atoms with Gasteiger partial charge in [-0.3, -0.25) is 0 Å². The molecule has 0 aliphatic carbocycles. The van der Waals surface area contributed by atoms with Crippen LogP contribution >= 0.6 is 13.5 Å². The summed E-state index contributed by atoms with van der Waals surface area (Å²) in [7, 11) is 0. The van der Waals surface area contributed by atoms with E-state index < -0.39 is 0 Å². The minimum atomic E-state index is 0. The third-order valence-corrected chi connectivity index (χ3v) is 0. The molecular weight excluding hydrogens is 74.1 g/mol. The highest BCUT2D eigenvalue weighted by atomic mass is 32.1. The third kappa shape index (κ3) is 5.18. The Kier molecular flexibility index (Phi) is 40.9. The highest BCUT2D eigenvalue weighted by molar-refractivity contribution is 7.59. The second-order valence-electron chi connectivity index (χ2n) is 0.100. The molecule has 0 amide bonds. The molecule has 0 atom stereocenters. The van der Waals surface area contributed by atoms with Crippen molar-refractivity contribution in [2.45, 2.75) is 0 Å². The first-order valence-electron chi connectivity index (χ1n) is 0.447. The van der Waals surface area contributed by atoms with Gasteiger partial charge in [0.15, 0.2) is 0 Å². The zero-order chi connectivity index (χ0) is 2.71. The maximum absolute atomic E-state index is 6.88. The van der Waals surface area contributed by atoms with Gasteiger partial charge in [-0.05, 0) is 0 Å². The fourth-order valence-corrected chi connectivity index (χ4v) is 0. The summed E-state index contributed by atoms with van der Waals surface area (Å²) >= 11 is 0. The quantitative estimate of drug-likeness (QED) is 0.426. The second kappa shape index (κ2) is 17.3. The molecule has 22 valence electrons. The van der Waals surface area contributed by atoms with E-state index in [9.17, 15) is 0 Å². The molecule has 0 unspecified atom stereocenters. The van der Waals surface area contributed by atoms with E-state index in [-0.39, 0.29) is 13.5 Å². The Labute approximate surface area is 31.1 Å². The first-order chi connectivity index (χ1) is 1.41. The smallest absolute Gasteiger partial charge is 0.283 e. The van der Waals surface area contributed by atoms with E-state index in [4.69, 9.17) is 10.4 Å².